The van der Waals surface area contributed by atoms with Gasteiger partial charge in [-0.15, -0.1) is 0 Å². The first-order valence-electron chi connectivity index (χ1n) is 39.3. The molecule has 3 N–H and O–H groups in total. The lowest BCUT2D eigenvalue weighted by molar-refractivity contribution is -0.161. The van der Waals surface area contributed by atoms with Crippen LogP contribution in [0.4, 0.5) is 0 Å². The topological polar surface area (TPSA) is 237 Å². The van der Waals surface area contributed by atoms with Gasteiger partial charge in [0.15, 0.2) is 12.2 Å². The van der Waals surface area contributed by atoms with E-state index in [1.54, 1.807) is 0 Å². The van der Waals surface area contributed by atoms with E-state index in [0.717, 1.165) is 108 Å². The molecule has 0 aromatic rings. The number of phosphoric ester groups is 2. The van der Waals surface area contributed by atoms with Gasteiger partial charge in [0.25, 0.3) is 0 Å². The Balaban J connectivity index is 5.20. The van der Waals surface area contributed by atoms with Gasteiger partial charge in [-0.05, 0) is 43.4 Å². The van der Waals surface area contributed by atoms with Gasteiger partial charge in [0, 0.05) is 25.7 Å². The third-order valence-electron chi connectivity index (χ3n) is 17.6. The third kappa shape index (κ3) is 70.3. The summed E-state index contributed by atoms with van der Waals surface area (Å²) >= 11 is 0. The Hall–Kier alpha value is -1.94. The van der Waals surface area contributed by atoms with Crippen LogP contribution in [-0.2, 0) is 65.4 Å². The number of rotatable bonds is 74. The zero-order valence-corrected chi connectivity index (χ0v) is 63.9. The van der Waals surface area contributed by atoms with Crippen LogP contribution in [0.2, 0.25) is 0 Å². The van der Waals surface area contributed by atoms with E-state index in [9.17, 15) is 43.2 Å². The number of ether oxygens (including phenoxy) is 4. The molecule has 0 heterocycles. The van der Waals surface area contributed by atoms with Crippen molar-refractivity contribution in [3.8, 4) is 0 Å². The number of phosphoric acid groups is 2. The monoisotopic (exact) mass is 1400 g/mol. The van der Waals surface area contributed by atoms with E-state index in [0.29, 0.717) is 31.6 Å². The fourth-order valence-corrected chi connectivity index (χ4v) is 13.2. The van der Waals surface area contributed by atoms with Gasteiger partial charge >= 0.3 is 39.5 Å². The lowest BCUT2D eigenvalue weighted by Gasteiger charge is -2.21. The molecule has 564 valence electrons. The average molecular weight is 1400 g/mol. The highest BCUT2D eigenvalue weighted by Crippen LogP contribution is 2.45. The molecule has 0 amide bonds. The Kier molecular flexibility index (Phi) is 65.2. The van der Waals surface area contributed by atoms with Crippen molar-refractivity contribution in [1.82, 2.24) is 0 Å². The highest BCUT2D eigenvalue weighted by atomic mass is 31.2. The summed E-state index contributed by atoms with van der Waals surface area (Å²) < 4.78 is 68.4. The van der Waals surface area contributed by atoms with Crippen LogP contribution < -0.4 is 0 Å². The molecule has 0 bridgehead atoms. The molecule has 0 aliphatic heterocycles. The molecule has 0 aromatic carbocycles. The molecule has 0 fully saturated rings. The minimum absolute atomic E-state index is 0.105. The minimum atomic E-state index is -4.96. The van der Waals surface area contributed by atoms with Crippen molar-refractivity contribution in [2.45, 2.75) is 407 Å². The van der Waals surface area contributed by atoms with Crippen LogP contribution in [-0.4, -0.2) is 96.7 Å². The van der Waals surface area contributed by atoms with E-state index in [4.69, 9.17) is 37.0 Å². The van der Waals surface area contributed by atoms with Crippen molar-refractivity contribution >= 4 is 39.5 Å². The summed E-state index contributed by atoms with van der Waals surface area (Å²) in [5.74, 6) is 0.169. The maximum Gasteiger partial charge on any atom is 0.472 e. The lowest BCUT2D eigenvalue weighted by atomic mass is 10.0. The Morgan fingerprint density at radius 3 is 0.716 bits per heavy atom. The third-order valence-corrected chi connectivity index (χ3v) is 19.5. The second-order valence-electron chi connectivity index (χ2n) is 28.8. The molecule has 5 atom stereocenters. The van der Waals surface area contributed by atoms with Crippen LogP contribution in [0.3, 0.4) is 0 Å². The quantitative estimate of drug-likeness (QED) is 0.0222. The fraction of sp³-hybridized carbons (Fsp3) is 0.947. The largest absolute Gasteiger partial charge is 0.472 e. The van der Waals surface area contributed by atoms with E-state index < -0.39 is 97.5 Å². The predicted octanol–water partition coefficient (Wildman–Crippen LogP) is 22.2. The summed E-state index contributed by atoms with van der Waals surface area (Å²) in [7, 11) is -9.91. The van der Waals surface area contributed by atoms with Crippen LogP contribution in [0.5, 0.6) is 0 Å². The van der Waals surface area contributed by atoms with Crippen molar-refractivity contribution in [2.75, 3.05) is 39.6 Å². The molecular weight excluding hydrogens is 1250 g/mol. The Labute approximate surface area is 581 Å². The van der Waals surface area contributed by atoms with Crippen molar-refractivity contribution in [1.29, 1.82) is 0 Å². The summed E-state index contributed by atoms with van der Waals surface area (Å²) in [6, 6.07) is 0. The minimum Gasteiger partial charge on any atom is -0.462 e. The zero-order valence-electron chi connectivity index (χ0n) is 62.1. The smallest absolute Gasteiger partial charge is 0.462 e. The predicted molar refractivity (Wildman–Crippen MR) is 386 cm³/mol. The van der Waals surface area contributed by atoms with Gasteiger partial charge in [0.1, 0.15) is 19.3 Å². The van der Waals surface area contributed by atoms with Gasteiger partial charge in [0.2, 0.25) is 0 Å². The fourth-order valence-electron chi connectivity index (χ4n) is 11.6. The van der Waals surface area contributed by atoms with Gasteiger partial charge in [-0.3, -0.25) is 37.3 Å². The number of aliphatic hydroxyl groups is 1. The number of hydrogen-bond donors (Lipinski definition) is 3. The number of unbranched alkanes of at least 4 members (excludes halogenated alkanes) is 42. The van der Waals surface area contributed by atoms with Crippen LogP contribution in [0, 0.1) is 17.8 Å². The molecule has 0 spiro atoms. The van der Waals surface area contributed by atoms with Crippen molar-refractivity contribution in [3.63, 3.8) is 0 Å². The molecule has 19 heteroatoms. The van der Waals surface area contributed by atoms with Crippen LogP contribution >= 0.6 is 15.6 Å². The van der Waals surface area contributed by atoms with Crippen molar-refractivity contribution in [3.05, 3.63) is 0 Å². The number of esters is 4. The molecular formula is C76H148O17P2. The highest BCUT2D eigenvalue weighted by molar-refractivity contribution is 7.47. The zero-order chi connectivity index (χ0) is 70.1. The molecule has 0 rings (SSSR count). The number of carbonyl (C=O) groups is 4. The second kappa shape index (κ2) is 66.6. The second-order valence-corrected chi connectivity index (χ2v) is 31.7. The first-order valence-corrected chi connectivity index (χ1v) is 42.3. The van der Waals surface area contributed by atoms with Crippen LogP contribution in [0.1, 0.15) is 389 Å². The molecule has 0 aromatic heterocycles. The highest BCUT2D eigenvalue weighted by Gasteiger charge is 2.30. The average Bonchev–Trinajstić information content (AvgIpc) is 1.35. The molecule has 0 aliphatic rings. The molecule has 0 saturated carbocycles. The summed E-state index contributed by atoms with van der Waals surface area (Å²) in [4.78, 5) is 72.7. The SMILES string of the molecule is CCCCCCCCCCCCC(=O)O[C@H](COC(=O)CCCCCCCCC(C)C)COP(=O)(O)OC[C@H](O)COP(=O)(O)OC[C@@H](COC(=O)CCCCCCCCCCCCCCCCCC(C)C)OC(=O)CCCCCCCCCCCCCCCCCC(C)C. The number of aliphatic hydroxyl groups excluding tert-OH is 1. The van der Waals surface area contributed by atoms with Crippen molar-refractivity contribution < 1.29 is 80.2 Å². The van der Waals surface area contributed by atoms with E-state index >= 15 is 0 Å². The molecule has 17 nitrogen and oxygen atoms in total. The van der Waals surface area contributed by atoms with Crippen LogP contribution in [0.25, 0.3) is 0 Å². The summed E-state index contributed by atoms with van der Waals surface area (Å²) in [5.41, 5.74) is 0. The summed E-state index contributed by atoms with van der Waals surface area (Å²) in [6.07, 6.45) is 52.9. The molecule has 0 radical (unpaired) electrons. The van der Waals surface area contributed by atoms with Gasteiger partial charge < -0.3 is 33.8 Å². The normalized spacial score (nSPS) is 14.1. The summed E-state index contributed by atoms with van der Waals surface area (Å²) in [5, 5.41) is 10.6. The maximum absolute atomic E-state index is 13.1. The summed E-state index contributed by atoms with van der Waals surface area (Å²) in [6.45, 7) is 11.9. The van der Waals surface area contributed by atoms with Gasteiger partial charge in [0.05, 0.1) is 26.4 Å². The first kappa shape index (κ1) is 93.1. The number of carbonyl (C=O) groups excluding carboxylic acids is 4. The van der Waals surface area contributed by atoms with E-state index in [-0.39, 0.29) is 25.7 Å². The van der Waals surface area contributed by atoms with E-state index in [2.05, 4.69) is 48.5 Å². The van der Waals surface area contributed by atoms with Crippen LogP contribution in [0.15, 0.2) is 0 Å². The molecule has 0 aliphatic carbocycles. The Morgan fingerprint density at radius 2 is 0.484 bits per heavy atom. The Bertz CT molecular complexity index is 1850. The standard InChI is InChI=1S/C76H148O17P2/c1-8-9-10-11-12-13-30-36-45-52-59-75(80)93-72(64-87-74(79)58-51-44-39-38-42-49-56-69(6)7)66-91-95(84,85)89-62-70(77)61-88-94(82,83)90-65-71(92-76(81)60-53-46-37-32-27-23-19-15-17-21-25-29-34-41-48-55-68(4)5)63-86-73(78)57-50-43-35-31-26-22-18-14-16-20-24-28-33-40-47-54-67(2)3/h67-72,77H,8-66H2,1-7H3,(H,82,83)(H,84,85)/t70-,71-,72-/m1/s1. The first-order chi connectivity index (χ1) is 45.7. The van der Waals surface area contributed by atoms with Crippen molar-refractivity contribution in [2.24, 2.45) is 17.8 Å². The van der Waals surface area contributed by atoms with E-state index in [1.807, 2.05) is 0 Å². The van der Waals surface area contributed by atoms with Gasteiger partial charge in [-0.1, -0.05) is 337 Å². The molecule has 0 saturated heterocycles. The molecule has 95 heavy (non-hydrogen) atoms. The maximum atomic E-state index is 13.1. The molecule has 2 unspecified atom stereocenters. The lowest BCUT2D eigenvalue weighted by Crippen LogP contribution is -2.30. The Morgan fingerprint density at radius 1 is 0.284 bits per heavy atom. The number of hydrogen-bond acceptors (Lipinski definition) is 15. The van der Waals surface area contributed by atoms with Gasteiger partial charge in [-0.25, -0.2) is 9.13 Å². The van der Waals surface area contributed by atoms with Gasteiger partial charge in [-0.2, -0.15) is 0 Å². The van der Waals surface area contributed by atoms with E-state index in [1.165, 1.54) is 193 Å².